The fourth-order valence-corrected chi connectivity index (χ4v) is 5.10. The molecule has 3 aliphatic heterocycles. The van der Waals surface area contributed by atoms with Crippen LogP contribution in [0, 0.1) is 0 Å². The summed E-state index contributed by atoms with van der Waals surface area (Å²) in [5.41, 5.74) is -0.444. The standard InChI is InChI=1S/C25H25N3O9/c1-24(34)16-3-18-21-14(6-28(18)22(32)15(16)7-35-23(24)33)13(5-26-25(8-29,9-30)10-31)12-2-19-20(37-11-36-19)4-17(12)27-21/h2-4,26,29-31,34H,5-11H2,1H3/t24-/m0/s1. The third kappa shape index (κ3) is 3.37. The maximum Gasteiger partial charge on any atom is 0.342 e. The first-order valence-corrected chi connectivity index (χ1v) is 11.7. The van der Waals surface area contributed by atoms with Gasteiger partial charge in [0.15, 0.2) is 17.1 Å². The lowest BCUT2D eigenvalue weighted by Crippen LogP contribution is -2.54. The summed E-state index contributed by atoms with van der Waals surface area (Å²) >= 11 is 0. The minimum absolute atomic E-state index is 0.0666. The zero-order valence-corrected chi connectivity index (χ0v) is 19.9. The maximum absolute atomic E-state index is 13.5. The predicted molar refractivity (Wildman–Crippen MR) is 127 cm³/mol. The van der Waals surface area contributed by atoms with Gasteiger partial charge in [-0.05, 0) is 24.6 Å². The smallest absolute Gasteiger partial charge is 0.342 e. The normalized spacial score (nSPS) is 19.5. The van der Waals surface area contributed by atoms with Crippen LogP contribution in [0.5, 0.6) is 11.5 Å². The van der Waals surface area contributed by atoms with Gasteiger partial charge in [-0.15, -0.1) is 0 Å². The second-order valence-corrected chi connectivity index (χ2v) is 9.71. The van der Waals surface area contributed by atoms with Crippen LogP contribution in [-0.4, -0.2) is 68.1 Å². The summed E-state index contributed by atoms with van der Waals surface area (Å²) in [6, 6.07) is 5.12. The van der Waals surface area contributed by atoms with E-state index in [-0.39, 0.29) is 37.6 Å². The zero-order chi connectivity index (χ0) is 26.1. The molecule has 0 fully saturated rings. The third-order valence-electron chi connectivity index (χ3n) is 7.48. The van der Waals surface area contributed by atoms with Gasteiger partial charge in [0, 0.05) is 29.1 Å². The van der Waals surface area contributed by atoms with Crippen molar-refractivity contribution in [3.05, 3.63) is 50.8 Å². The molecule has 5 N–H and O–H groups in total. The Morgan fingerprint density at radius 3 is 2.46 bits per heavy atom. The van der Waals surface area contributed by atoms with Crippen molar-refractivity contribution < 1.29 is 39.4 Å². The van der Waals surface area contributed by atoms with E-state index in [1.54, 1.807) is 18.2 Å². The Balaban J connectivity index is 1.57. The van der Waals surface area contributed by atoms with Gasteiger partial charge in [-0.2, -0.15) is 0 Å². The highest BCUT2D eigenvalue weighted by atomic mass is 16.7. The second kappa shape index (κ2) is 8.23. The number of ether oxygens (including phenoxy) is 3. The van der Waals surface area contributed by atoms with Crippen molar-refractivity contribution in [3.63, 3.8) is 0 Å². The molecule has 0 aliphatic carbocycles. The van der Waals surface area contributed by atoms with E-state index in [2.05, 4.69) is 5.32 Å². The Labute approximate surface area is 209 Å². The minimum Gasteiger partial charge on any atom is -0.458 e. The highest BCUT2D eigenvalue weighted by molar-refractivity contribution is 5.91. The van der Waals surface area contributed by atoms with Crippen LogP contribution in [0.3, 0.4) is 0 Å². The first kappa shape index (κ1) is 23.8. The largest absolute Gasteiger partial charge is 0.458 e. The number of cyclic esters (lactones) is 1. The predicted octanol–water partition coefficient (Wildman–Crippen LogP) is -0.776. The van der Waals surface area contributed by atoms with Gasteiger partial charge in [-0.3, -0.25) is 4.79 Å². The molecule has 0 saturated carbocycles. The van der Waals surface area contributed by atoms with Gasteiger partial charge in [0.1, 0.15) is 6.61 Å². The average molecular weight is 511 g/mol. The lowest BCUT2D eigenvalue weighted by Gasteiger charge is -2.29. The number of nitrogens with zero attached hydrogens (tertiary/aromatic N) is 2. The molecular weight excluding hydrogens is 486 g/mol. The number of aromatic nitrogens is 2. The van der Waals surface area contributed by atoms with Crippen LogP contribution in [0.1, 0.15) is 29.2 Å². The molecule has 37 heavy (non-hydrogen) atoms. The third-order valence-corrected chi connectivity index (χ3v) is 7.48. The molecule has 2 aromatic heterocycles. The molecule has 0 spiro atoms. The van der Waals surface area contributed by atoms with Crippen molar-refractivity contribution in [1.82, 2.24) is 14.9 Å². The average Bonchev–Trinajstić information content (AvgIpc) is 3.50. The number of aliphatic hydroxyl groups excluding tert-OH is 3. The number of benzene rings is 1. The van der Waals surface area contributed by atoms with Crippen LogP contribution in [0.4, 0.5) is 0 Å². The Hall–Kier alpha value is -3.55. The van der Waals surface area contributed by atoms with Gasteiger partial charge in [0.25, 0.3) is 5.56 Å². The van der Waals surface area contributed by atoms with Crippen LogP contribution in [0.2, 0.25) is 0 Å². The zero-order valence-electron chi connectivity index (χ0n) is 19.9. The number of nitrogens with one attached hydrogen (secondary N) is 1. The van der Waals surface area contributed by atoms with Gasteiger partial charge < -0.3 is 44.5 Å². The monoisotopic (exact) mass is 511 g/mol. The van der Waals surface area contributed by atoms with Crippen molar-refractivity contribution in [1.29, 1.82) is 0 Å². The molecule has 1 atom stereocenters. The van der Waals surface area contributed by atoms with E-state index in [9.17, 15) is 30.0 Å². The number of pyridine rings is 2. The molecule has 194 valence electrons. The number of carbonyl (C=O) groups excluding carboxylic acids is 1. The molecule has 1 aromatic carbocycles. The molecule has 6 rings (SSSR count). The van der Waals surface area contributed by atoms with Crippen molar-refractivity contribution in [3.8, 4) is 22.9 Å². The molecule has 0 saturated heterocycles. The van der Waals surface area contributed by atoms with Gasteiger partial charge >= 0.3 is 5.97 Å². The summed E-state index contributed by atoms with van der Waals surface area (Å²) in [5.74, 6) is 0.212. The van der Waals surface area contributed by atoms with E-state index in [1.807, 2.05) is 0 Å². The Bertz CT molecular complexity index is 1520. The van der Waals surface area contributed by atoms with Crippen molar-refractivity contribution >= 4 is 16.9 Å². The number of fused-ring (bicyclic) bond motifs is 6. The Morgan fingerprint density at radius 1 is 1.05 bits per heavy atom. The van der Waals surface area contributed by atoms with E-state index in [0.717, 1.165) is 5.56 Å². The van der Waals surface area contributed by atoms with Crippen LogP contribution in [0.15, 0.2) is 23.0 Å². The summed E-state index contributed by atoms with van der Waals surface area (Å²) in [6.07, 6.45) is 0. The van der Waals surface area contributed by atoms with Crippen molar-refractivity contribution in [2.45, 2.75) is 37.8 Å². The number of rotatable bonds is 6. The van der Waals surface area contributed by atoms with E-state index >= 15 is 0 Å². The van der Waals surface area contributed by atoms with Crippen LogP contribution in [-0.2, 0) is 34.8 Å². The molecule has 3 aliphatic rings. The van der Waals surface area contributed by atoms with E-state index < -0.39 is 42.5 Å². The molecule has 0 unspecified atom stereocenters. The van der Waals surface area contributed by atoms with Crippen LogP contribution >= 0.6 is 0 Å². The molecule has 0 amide bonds. The molecule has 0 bridgehead atoms. The maximum atomic E-state index is 13.5. The minimum atomic E-state index is -1.98. The fourth-order valence-electron chi connectivity index (χ4n) is 5.10. The highest BCUT2D eigenvalue weighted by Gasteiger charge is 2.43. The van der Waals surface area contributed by atoms with Crippen LogP contribution < -0.4 is 20.3 Å². The molecular formula is C25H25N3O9. The summed E-state index contributed by atoms with van der Waals surface area (Å²) < 4.78 is 17.6. The van der Waals surface area contributed by atoms with E-state index in [0.29, 0.717) is 39.4 Å². The Morgan fingerprint density at radius 2 is 1.76 bits per heavy atom. The number of carbonyl (C=O) groups is 1. The molecule has 3 aromatic rings. The first-order valence-electron chi connectivity index (χ1n) is 11.7. The quantitative estimate of drug-likeness (QED) is 0.206. The lowest BCUT2D eigenvalue weighted by molar-refractivity contribution is -0.169. The SMILES string of the molecule is C[C@@]1(O)C(=O)OCc2c1cc1n(c2=O)Cc2c-1nc1cc3c(cc1c2CNC(CO)(CO)CO)OCO3. The number of aliphatic hydroxyl groups is 4. The van der Waals surface area contributed by atoms with Gasteiger partial charge in [0.2, 0.25) is 6.79 Å². The lowest BCUT2D eigenvalue weighted by atomic mass is 9.89. The summed E-state index contributed by atoms with van der Waals surface area (Å²) in [5, 5.41) is 44.1. The number of hydrogen-bond donors (Lipinski definition) is 5. The van der Waals surface area contributed by atoms with E-state index in [4.69, 9.17) is 19.2 Å². The van der Waals surface area contributed by atoms with Gasteiger partial charge in [-0.1, -0.05) is 0 Å². The Kier molecular flexibility index (Phi) is 5.30. The molecule has 12 nitrogen and oxygen atoms in total. The second-order valence-electron chi connectivity index (χ2n) is 9.71. The number of hydrogen-bond acceptors (Lipinski definition) is 11. The summed E-state index contributed by atoms with van der Waals surface area (Å²) in [6.45, 7) is -0.126. The van der Waals surface area contributed by atoms with E-state index in [1.165, 1.54) is 11.5 Å². The molecule has 12 heteroatoms. The van der Waals surface area contributed by atoms with Crippen molar-refractivity contribution in [2.75, 3.05) is 26.6 Å². The van der Waals surface area contributed by atoms with Crippen LogP contribution in [0.25, 0.3) is 22.3 Å². The first-order chi connectivity index (χ1) is 17.7. The summed E-state index contributed by atoms with van der Waals surface area (Å²) in [4.78, 5) is 30.5. The number of esters is 1. The van der Waals surface area contributed by atoms with Gasteiger partial charge in [-0.25, -0.2) is 9.78 Å². The van der Waals surface area contributed by atoms with Gasteiger partial charge in [0.05, 0.1) is 54.4 Å². The highest BCUT2D eigenvalue weighted by Crippen LogP contribution is 2.42. The fraction of sp³-hybridized carbons (Fsp3) is 0.400. The molecule has 5 heterocycles. The van der Waals surface area contributed by atoms with Crippen molar-refractivity contribution in [2.24, 2.45) is 0 Å². The molecule has 0 radical (unpaired) electrons. The summed E-state index contributed by atoms with van der Waals surface area (Å²) in [7, 11) is 0. The topological polar surface area (TPSA) is 173 Å².